The Kier molecular flexibility index (Phi) is 4.16. The molecule has 0 N–H and O–H groups in total. The van der Waals surface area contributed by atoms with Crippen molar-refractivity contribution in [3.8, 4) is 0 Å². The van der Waals surface area contributed by atoms with Gasteiger partial charge in [-0.15, -0.1) is 0 Å². The highest BCUT2D eigenvalue weighted by Gasteiger charge is 2.44. The van der Waals surface area contributed by atoms with E-state index in [4.69, 9.17) is 0 Å². The van der Waals surface area contributed by atoms with Crippen LogP contribution in [0.4, 0.5) is 8.78 Å². The molecule has 0 amide bonds. The lowest BCUT2D eigenvalue weighted by molar-refractivity contribution is -0.159. The van der Waals surface area contributed by atoms with Gasteiger partial charge in [0.2, 0.25) is 0 Å². The van der Waals surface area contributed by atoms with Gasteiger partial charge in [-0.3, -0.25) is 0 Å². The number of rotatable bonds is 3. The van der Waals surface area contributed by atoms with Crippen molar-refractivity contribution in [2.24, 2.45) is 0 Å². The lowest BCUT2D eigenvalue weighted by Gasteiger charge is -2.23. The maximum atomic E-state index is 13.0. The summed E-state index contributed by atoms with van der Waals surface area (Å²) in [6.45, 7) is 6.31. The van der Waals surface area contributed by atoms with Crippen molar-refractivity contribution in [3.05, 3.63) is 0 Å². The molecule has 0 atom stereocenters. The van der Waals surface area contributed by atoms with Crippen LogP contribution in [0.15, 0.2) is 0 Å². The Morgan fingerprint density at radius 3 is 2.15 bits per heavy atom. The van der Waals surface area contributed by atoms with Gasteiger partial charge in [-0.2, -0.15) is 8.78 Å². The molecule has 0 aromatic heterocycles. The predicted molar refractivity (Wildman–Crippen MR) is 48.9 cm³/mol. The van der Waals surface area contributed by atoms with E-state index in [-0.39, 0.29) is 6.61 Å². The number of hydrogen-bond donors (Lipinski definition) is 0. The number of alkyl halides is 2. The molecule has 0 saturated carbocycles. The quantitative estimate of drug-likeness (QED) is 0.673. The average molecular weight is 212 g/mol. The molecule has 5 heteroatoms. The Morgan fingerprint density at radius 2 is 1.85 bits per heavy atom. The summed E-state index contributed by atoms with van der Waals surface area (Å²) in [7, 11) is 0. The van der Waals surface area contributed by atoms with E-state index >= 15 is 0 Å². The highest BCUT2D eigenvalue weighted by atomic mass is 32.2. The second kappa shape index (κ2) is 4.26. The third-order valence-electron chi connectivity index (χ3n) is 0.947. The van der Waals surface area contributed by atoms with Crippen LogP contribution in [0, 0.1) is 0 Å². The van der Waals surface area contributed by atoms with Crippen LogP contribution in [0.25, 0.3) is 0 Å². The second-order valence-electron chi connectivity index (χ2n) is 3.45. The summed E-state index contributed by atoms with van der Waals surface area (Å²) in [5, 5.41) is -3.45. The molecule has 0 bridgehead atoms. The van der Waals surface area contributed by atoms with Gasteiger partial charge in [0.05, 0.1) is 6.61 Å². The fourth-order valence-corrected chi connectivity index (χ4v) is 1.55. The van der Waals surface area contributed by atoms with Crippen molar-refractivity contribution in [1.82, 2.24) is 0 Å². The lowest BCUT2D eigenvalue weighted by atomic mass is 10.3. The molecule has 0 rings (SSSR count). The summed E-state index contributed by atoms with van der Waals surface area (Å²) < 4.78 is 29.5. The smallest absolute Gasteiger partial charge is 0.389 e. The second-order valence-corrected chi connectivity index (χ2v) is 5.39. The van der Waals surface area contributed by atoms with Gasteiger partial charge in [0.25, 0.3) is 0 Å². The van der Waals surface area contributed by atoms with Crippen LogP contribution in [0.2, 0.25) is 0 Å². The highest BCUT2D eigenvalue weighted by Crippen LogP contribution is 2.39. The molecule has 0 aliphatic rings. The molecule has 0 aliphatic heterocycles. The predicted octanol–water partition coefficient (Wildman–Crippen LogP) is 2.67. The van der Waals surface area contributed by atoms with Crippen molar-refractivity contribution in [2.75, 3.05) is 6.61 Å². The van der Waals surface area contributed by atoms with Crippen molar-refractivity contribution >= 4 is 17.7 Å². The molecule has 0 unspecified atom stereocenters. The van der Waals surface area contributed by atoms with Gasteiger partial charge in [0.1, 0.15) is 0 Å². The van der Waals surface area contributed by atoms with Gasteiger partial charge in [0.15, 0.2) is 0 Å². The number of ether oxygens (including phenoxy) is 1. The minimum absolute atomic E-state index is 0.0286. The van der Waals surface area contributed by atoms with Crippen molar-refractivity contribution in [3.63, 3.8) is 0 Å². The van der Waals surface area contributed by atoms with Crippen LogP contribution in [0.1, 0.15) is 27.7 Å². The fraction of sp³-hybridized carbons (Fsp3) is 0.875. The van der Waals surface area contributed by atoms with Crippen molar-refractivity contribution < 1.29 is 18.3 Å². The molecule has 13 heavy (non-hydrogen) atoms. The van der Waals surface area contributed by atoms with Crippen molar-refractivity contribution in [1.29, 1.82) is 0 Å². The summed E-state index contributed by atoms with van der Waals surface area (Å²) in [6.07, 6.45) is 0. The first-order valence-corrected chi connectivity index (χ1v) is 4.76. The van der Waals surface area contributed by atoms with E-state index in [1.807, 2.05) is 0 Å². The molecule has 0 saturated heterocycles. The van der Waals surface area contributed by atoms with Crippen LogP contribution in [-0.4, -0.2) is 22.6 Å². The van der Waals surface area contributed by atoms with Crippen LogP contribution in [0.5, 0.6) is 0 Å². The van der Waals surface area contributed by atoms with E-state index in [0.29, 0.717) is 11.8 Å². The first kappa shape index (κ1) is 12.7. The normalized spacial score (nSPS) is 12.8. The number of hydrogen-bond acceptors (Lipinski definition) is 3. The number of thioether (sulfide) groups is 1. The first-order valence-electron chi connectivity index (χ1n) is 3.94. The van der Waals surface area contributed by atoms with Gasteiger partial charge < -0.3 is 4.74 Å². The lowest BCUT2D eigenvalue weighted by Crippen LogP contribution is -2.31. The Morgan fingerprint density at radius 1 is 1.38 bits per heavy atom. The number of esters is 1. The fourth-order valence-electron chi connectivity index (χ4n) is 0.641. The van der Waals surface area contributed by atoms with Gasteiger partial charge in [0, 0.05) is 4.75 Å². The summed E-state index contributed by atoms with van der Waals surface area (Å²) in [6, 6.07) is 0. The molecule has 0 radical (unpaired) electrons. The topological polar surface area (TPSA) is 26.3 Å². The summed E-state index contributed by atoms with van der Waals surface area (Å²) in [5.74, 6) is -1.46. The van der Waals surface area contributed by atoms with Crippen LogP contribution >= 0.6 is 11.8 Å². The standard InChI is InChI=1S/C8H14F2O2S/c1-5-12-6(11)8(9,10)13-7(2,3)4/h5H2,1-4H3. The van der Waals surface area contributed by atoms with Crippen LogP contribution < -0.4 is 0 Å². The third-order valence-corrected chi connectivity index (χ3v) is 1.98. The summed E-state index contributed by atoms with van der Waals surface area (Å²) in [4.78, 5) is 10.7. The summed E-state index contributed by atoms with van der Waals surface area (Å²) in [5.41, 5.74) is 0. The first-order chi connectivity index (χ1) is 5.69. The van der Waals surface area contributed by atoms with E-state index in [2.05, 4.69) is 4.74 Å². The highest BCUT2D eigenvalue weighted by molar-refractivity contribution is 8.02. The molecular weight excluding hydrogens is 198 g/mol. The van der Waals surface area contributed by atoms with Crippen LogP contribution in [0.3, 0.4) is 0 Å². The third kappa shape index (κ3) is 5.08. The SMILES string of the molecule is CCOC(=O)C(F)(F)SC(C)(C)C. The zero-order valence-electron chi connectivity index (χ0n) is 8.19. The zero-order chi connectivity index (χ0) is 10.7. The molecule has 2 nitrogen and oxygen atoms in total. The number of carbonyl (C=O) groups excluding carboxylic acids is 1. The van der Waals surface area contributed by atoms with E-state index in [1.54, 1.807) is 20.8 Å². The van der Waals surface area contributed by atoms with Gasteiger partial charge in [-0.1, -0.05) is 32.5 Å². The number of halogens is 2. The molecule has 78 valence electrons. The van der Waals surface area contributed by atoms with Gasteiger partial charge >= 0.3 is 11.2 Å². The Labute approximate surface area is 81.0 Å². The molecule has 0 fully saturated rings. The average Bonchev–Trinajstić information content (AvgIpc) is 1.82. The van der Waals surface area contributed by atoms with Crippen LogP contribution in [-0.2, 0) is 9.53 Å². The molecule has 0 aliphatic carbocycles. The summed E-state index contributed by atoms with van der Waals surface area (Å²) >= 11 is 0.299. The van der Waals surface area contributed by atoms with Gasteiger partial charge in [-0.05, 0) is 6.92 Å². The zero-order valence-corrected chi connectivity index (χ0v) is 9.00. The monoisotopic (exact) mass is 212 g/mol. The molecule has 0 aromatic rings. The Hall–Kier alpha value is -0.320. The molecule has 0 heterocycles. The van der Waals surface area contributed by atoms with E-state index < -0.39 is 16.0 Å². The Balaban J connectivity index is 4.30. The minimum Gasteiger partial charge on any atom is -0.461 e. The molecule has 0 spiro atoms. The van der Waals surface area contributed by atoms with E-state index in [1.165, 1.54) is 6.92 Å². The maximum Gasteiger partial charge on any atom is 0.389 e. The van der Waals surface area contributed by atoms with E-state index in [0.717, 1.165) is 0 Å². The largest absolute Gasteiger partial charge is 0.461 e. The van der Waals surface area contributed by atoms with Gasteiger partial charge in [-0.25, -0.2) is 4.79 Å². The number of carbonyl (C=O) groups is 1. The molecular formula is C8H14F2O2S. The maximum absolute atomic E-state index is 13.0. The Bertz CT molecular complexity index is 187. The minimum atomic E-state index is -3.45. The van der Waals surface area contributed by atoms with Crippen molar-refractivity contribution in [2.45, 2.75) is 37.7 Å². The van der Waals surface area contributed by atoms with E-state index in [9.17, 15) is 13.6 Å². The molecule has 0 aromatic carbocycles.